The molecule has 5 nitrogen and oxygen atoms in total. The smallest absolute Gasteiger partial charge is 0.399 e. The van der Waals surface area contributed by atoms with Gasteiger partial charge in [-0.2, -0.15) is 8.78 Å². The summed E-state index contributed by atoms with van der Waals surface area (Å²) in [6.07, 6.45) is 0. The lowest BCUT2D eigenvalue weighted by Crippen LogP contribution is -2.13. The number of aromatic carboxylic acids is 1. The maximum Gasteiger partial charge on any atom is 0.399 e. The Bertz CT molecular complexity index is 705. The van der Waals surface area contributed by atoms with E-state index in [1.165, 1.54) is 12.1 Å². The molecule has 0 aliphatic rings. The van der Waals surface area contributed by atoms with Crippen LogP contribution in [0.15, 0.2) is 24.3 Å². The van der Waals surface area contributed by atoms with Gasteiger partial charge in [-0.1, -0.05) is 6.07 Å². The van der Waals surface area contributed by atoms with E-state index in [1.807, 2.05) is 0 Å². The number of carbonyl (C=O) groups is 1. The summed E-state index contributed by atoms with van der Waals surface area (Å²) in [7, 11) is -5.63. The number of carboxylic acid groups (broad SMARTS) is 1. The molecule has 0 aliphatic carbocycles. The van der Waals surface area contributed by atoms with Crippen LogP contribution in [0.2, 0.25) is 0 Å². The third kappa shape index (κ3) is 2.40. The third-order valence-corrected chi connectivity index (χ3v) is 4.53. The second kappa shape index (κ2) is 4.35. The standard InChI is InChI=1S/C10H7F2O5PS/c11-10(12,18(15,16)17)6-1-2-7-5(3-6)4-8(19-7)9(13)14/h1-4H,(H,13,14)(H2,15,16,17). The van der Waals surface area contributed by atoms with Crippen molar-refractivity contribution in [3.63, 3.8) is 0 Å². The van der Waals surface area contributed by atoms with E-state index in [4.69, 9.17) is 14.9 Å². The van der Waals surface area contributed by atoms with Crippen LogP contribution in [0.25, 0.3) is 10.1 Å². The van der Waals surface area contributed by atoms with Gasteiger partial charge in [-0.05, 0) is 23.6 Å². The van der Waals surface area contributed by atoms with Crippen LogP contribution in [0.3, 0.4) is 0 Å². The van der Waals surface area contributed by atoms with Crippen molar-refractivity contribution in [2.75, 3.05) is 0 Å². The second-order valence-corrected chi connectivity index (χ2v) is 6.49. The molecule has 0 atom stereocenters. The molecule has 0 amide bonds. The summed E-state index contributed by atoms with van der Waals surface area (Å²) in [5.74, 6) is -1.19. The Morgan fingerprint density at radius 1 is 1.26 bits per heavy atom. The molecule has 1 aromatic carbocycles. The molecule has 3 N–H and O–H groups in total. The van der Waals surface area contributed by atoms with E-state index >= 15 is 0 Å². The number of carboxylic acids is 1. The minimum Gasteiger partial charge on any atom is -0.477 e. The molecule has 0 saturated carbocycles. The number of hydrogen-bond donors (Lipinski definition) is 3. The molecule has 19 heavy (non-hydrogen) atoms. The summed E-state index contributed by atoms with van der Waals surface area (Å²) in [6, 6.07) is 4.16. The highest BCUT2D eigenvalue weighted by molar-refractivity contribution is 7.52. The number of hydrogen-bond acceptors (Lipinski definition) is 3. The van der Waals surface area contributed by atoms with Crippen LogP contribution >= 0.6 is 18.9 Å². The van der Waals surface area contributed by atoms with Crippen LogP contribution in [0.5, 0.6) is 0 Å². The second-order valence-electron chi connectivity index (χ2n) is 3.75. The van der Waals surface area contributed by atoms with Crippen molar-refractivity contribution in [3.8, 4) is 0 Å². The maximum atomic E-state index is 13.5. The van der Waals surface area contributed by atoms with Gasteiger partial charge in [-0.25, -0.2) is 4.79 Å². The zero-order chi connectivity index (χ0) is 14.4. The van der Waals surface area contributed by atoms with E-state index < -0.39 is 24.8 Å². The topological polar surface area (TPSA) is 94.8 Å². The van der Waals surface area contributed by atoms with Crippen molar-refractivity contribution in [2.45, 2.75) is 5.66 Å². The Kier molecular flexibility index (Phi) is 3.22. The fourth-order valence-electron chi connectivity index (χ4n) is 1.50. The molecule has 1 aromatic heterocycles. The fraction of sp³-hybridized carbons (Fsp3) is 0.100. The van der Waals surface area contributed by atoms with Gasteiger partial charge < -0.3 is 14.9 Å². The SMILES string of the molecule is O=C(O)c1cc2cc(C(F)(F)P(=O)(O)O)ccc2s1. The summed E-state index contributed by atoms with van der Waals surface area (Å²) in [6.45, 7) is 0. The van der Waals surface area contributed by atoms with E-state index in [1.54, 1.807) is 0 Å². The molecule has 2 rings (SSSR count). The van der Waals surface area contributed by atoms with Crippen LogP contribution in [0.1, 0.15) is 15.2 Å². The number of fused-ring (bicyclic) bond motifs is 1. The average molecular weight is 308 g/mol. The highest BCUT2D eigenvalue weighted by Gasteiger charge is 2.50. The van der Waals surface area contributed by atoms with E-state index in [-0.39, 0.29) is 10.3 Å². The van der Waals surface area contributed by atoms with Crippen LogP contribution < -0.4 is 0 Å². The lowest BCUT2D eigenvalue weighted by molar-refractivity contribution is 0.0566. The lowest BCUT2D eigenvalue weighted by atomic mass is 10.1. The first-order valence-electron chi connectivity index (χ1n) is 4.84. The van der Waals surface area contributed by atoms with Crippen molar-refractivity contribution in [2.24, 2.45) is 0 Å². The Hall–Kier alpha value is -1.34. The highest BCUT2D eigenvalue weighted by atomic mass is 32.1. The van der Waals surface area contributed by atoms with Gasteiger partial charge in [0.15, 0.2) is 0 Å². The van der Waals surface area contributed by atoms with Crippen LogP contribution in [-0.2, 0) is 10.2 Å². The Balaban J connectivity index is 2.59. The summed E-state index contributed by atoms with van der Waals surface area (Å²) in [4.78, 5) is 28.0. The molecule has 0 saturated heterocycles. The number of alkyl halides is 2. The zero-order valence-corrected chi connectivity index (χ0v) is 10.8. The van der Waals surface area contributed by atoms with Crippen molar-refractivity contribution in [1.82, 2.24) is 0 Å². The third-order valence-electron chi connectivity index (χ3n) is 2.44. The van der Waals surface area contributed by atoms with Crippen molar-refractivity contribution >= 4 is 35.0 Å². The zero-order valence-electron chi connectivity index (χ0n) is 9.08. The largest absolute Gasteiger partial charge is 0.477 e. The fourth-order valence-corrected chi connectivity index (χ4v) is 2.86. The van der Waals surface area contributed by atoms with E-state index in [9.17, 15) is 18.1 Å². The first-order chi connectivity index (χ1) is 8.63. The summed E-state index contributed by atoms with van der Waals surface area (Å²) < 4.78 is 38.2. The van der Waals surface area contributed by atoms with E-state index in [0.717, 1.165) is 23.5 Å². The molecule has 1 heterocycles. The lowest BCUT2D eigenvalue weighted by Gasteiger charge is -2.17. The molecule has 0 fully saturated rings. The first kappa shape index (κ1) is 14.1. The summed E-state index contributed by atoms with van der Waals surface area (Å²) in [5, 5.41) is 8.98. The van der Waals surface area contributed by atoms with Gasteiger partial charge in [0.1, 0.15) is 4.88 Å². The Morgan fingerprint density at radius 3 is 2.42 bits per heavy atom. The number of benzene rings is 1. The molecular formula is C10H7F2O5PS. The first-order valence-corrected chi connectivity index (χ1v) is 7.26. The van der Waals surface area contributed by atoms with Crippen LogP contribution in [0, 0.1) is 0 Å². The average Bonchev–Trinajstić information content (AvgIpc) is 2.69. The van der Waals surface area contributed by atoms with Crippen molar-refractivity contribution in [1.29, 1.82) is 0 Å². The maximum absolute atomic E-state index is 13.5. The van der Waals surface area contributed by atoms with Gasteiger partial charge in [0.2, 0.25) is 0 Å². The molecule has 0 radical (unpaired) electrons. The summed E-state index contributed by atoms with van der Waals surface area (Å²) >= 11 is 0.894. The van der Waals surface area contributed by atoms with E-state index in [0.29, 0.717) is 4.70 Å². The van der Waals surface area contributed by atoms with Gasteiger partial charge in [0.25, 0.3) is 0 Å². The predicted octanol–water partition coefficient (Wildman–Crippen LogP) is 2.83. The van der Waals surface area contributed by atoms with Crippen LogP contribution in [0.4, 0.5) is 8.78 Å². The molecule has 0 spiro atoms. The predicted molar refractivity (Wildman–Crippen MR) is 64.7 cm³/mol. The van der Waals surface area contributed by atoms with Gasteiger partial charge in [-0.3, -0.25) is 4.57 Å². The number of halogens is 2. The molecule has 0 unspecified atom stereocenters. The quantitative estimate of drug-likeness (QED) is 0.758. The normalized spacial score (nSPS) is 12.8. The van der Waals surface area contributed by atoms with Crippen molar-refractivity contribution < 1.29 is 33.0 Å². The van der Waals surface area contributed by atoms with Gasteiger partial charge >= 0.3 is 19.2 Å². The van der Waals surface area contributed by atoms with Crippen LogP contribution in [-0.4, -0.2) is 20.9 Å². The molecule has 9 heteroatoms. The Morgan fingerprint density at radius 2 is 1.89 bits per heavy atom. The van der Waals surface area contributed by atoms with Gasteiger partial charge in [0, 0.05) is 10.3 Å². The van der Waals surface area contributed by atoms with Crippen molar-refractivity contribution in [3.05, 3.63) is 34.7 Å². The number of rotatable bonds is 3. The summed E-state index contributed by atoms with van der Waals surface area (Å²) in [5.41, 5.74) is -5.14. The van der Waals surface area contributed by atoms with Gasteiger partial charge in [-0.15, -0.1) is 11.3 Å². The molecule has 102 valence electrons. The van der Waals surface area contributed by atoms with E-state index in [2.05, 4.69) is 0 Å². The van der Waals surface area contributed by atoms with Gasteiger partial charge in [0.05, 0.1) is 0 Å². The molecular weight excluding hydrogens is 301 g/mol. The minimum atomic E-state index is -5.63. The Labute approximate surface area is 109 Å². The highest BCUT2D eigenvalue weighted by Crippen LogP contribution is 2.59. The number of thiophene rings is 1. The minimum absolute atomic E-state index is 0.0355. The molecule has 2 aromatic rings. The molecule has 0 bridgehead atoms. The molecule has 0 aliphatic heterocycles. The monoisotopic (exact) mass is 308 g/mol.